The lowest BCUT2D eigenvalue weighted by molar-refractivity contribution is -0.901. The smallest absolute Gasteiger partial charge is 0.259 e. The van der Waals surface area contributed by atoms with E-state index in [0.29, 0.717) is 29.4 Å². The first-order chi connectivity index (χ1) is 13.9. The number of rotatable bonds is 5. The van der Waals surface area contributed by atoms with Crippen molar-refractivity contribution >= 4 is 22.6 Å². The summed E-state index contributed by atoms with van der Waals surface area (Å²) in [5.74, 6) is 1.04. The fourth-order valence-corrected chi connectivity index (χ4v) is 4.27. The highest BCUT2D eigenvalue weighted by molar-refractivity contribution is 6.14. The van der Waals surface area contributed by atoms with Crippen molar-refractivity contribution < 1.29 is 19.2 Å². The highest BCUT2D eigenvalue weighted by Gasteiger charge is 2.26. The highest BCUT2D eigenvalue weighted by atomic mass is 16.3. The molecule has 0 unspecified atom stereocenters. The summed E-state index contributed by atoms with van der Waals surface area (Å²) in [7, 11) is 0. The third kappa shape index (κ3) is 3.87. The van der Waals surface area contributed by atoms with Crippen LogP contribution in [-0.4, -0.2) is 24.1 Å². The topological polar surface area (TPSA) is 66.9 Å². The number of fused-ring (bicyclic) bond motifs is 1. The number of furan rings is 1. The van der Waals surface area contributed by atoms with Gasteiger partial charge in [-0.2, -0.15) is 0 Å². The molecular formula is C24H29N2O3+. The predicted molar refractivity (Wildman–Crippen MR) is 115 cm³/mol. The molecule has 29 heavy (non-hydrogen) atoms. The van der Waals surface area contributed by atoms with Crippen LogP contribution in [-0.2, 0) is 6.54 Å². The molecule has 1 aromatic heterocycles. The third-order valence-electron chi connectivity index (χ3n) is 5.91. The van der Waals surface area contributed by atoms with E-state index < -0.39 is 0 Å². The maximum absolute atomic E-state index is 13.2. The maximum Gasteiger partial charge on any atom is 0.259 e. The number of amides is 1. The molecule has 1 aliphatic heterocycles. The molecule has 0 atom stereocenters. The van der Waals surface area contributed by atoms with Crippen molar-refractivity contribution in [1.82, 2.24) is 0 Å². The second-order valence-corrected chi connectivity index (χ2v) is 8.33. The number of aryl methyl sites for hydroxylation is 1. The van der Waals surface area contributed by atoms with Crippen LogP contribution < -0.4 is 10.2 Å². The highest BCUT2D eigenvalue weighted by Crippen LogP contribution is 2.34. The largest absolute Gasteiger partial charge is 0.507 e. The molecule has 1 saturated heterocycles. The molecule has 4 rings (SSSR count). The van der Waals surface area contributed by atoms with Crippen molar-refractivity contribution in [3.8, 4) is 5.75 Å². The Bertz CT molecular complexity index is 1030. The molecule has 0 aliphatic carbocycles. The summed E-state index contributed by atoms with van der Waals surface area (Å²) < 4.78 is 5.89. The second kappa shape index (κ2) is 7.91. The van der Waals surface area contributed by atoms with E-state index in [1.54, 1.807) is 19.1 Å². The zero-order chi connectivity index (χ0) is 20.5. The van der Waals surface area contributed by atoms with Gasteiger partial charge >= 0.3 is 0 Å². The Labute approximate surface area is 171 Å². The molecule has 152 valence electrons. The zero-order valence-corrected chi connectivity index (χ0v) is 17.3. The molecule has 0 saturated carbocycles. The Balaban J connectivity index is 1.69. The molecule has 0 bridgehead atoms. The number of phenols is 1. The van der Waals surface area contributed by atoms with E-state index in [1.165, 1.54) is 23.3 Å². The number of hydrogen-bond donors (Lipinski definition) is 3. The van der Waals surface area contributed by atoms with E-state index in [2.05, 4.69) is 19.2 Å². The van der Waals surface area contributed by atoms with Gasteiger partial charge in [0.1, 0.15) is 23.6 Å². The first kappa shape index (κ1) is 19.5. The number of nitrogens with one attached hydrogen (secondary N) is 2. The number of carbonyl (C=O) groups excluding carboxylic acids is 1. The third-order valence-corrected chi connectivity index (χ3v) is 5.91. The predicted octanol–water partition coefficient (Wildman–Crippen LogP) is 4.00. The van der Waals surface area contributed by atoms with Crippen LogP contribution in [0, 0.1) is 6.92 Å². The molecule has 3 aromatic rings. The van der Waals surface area contributed by atoms with Crippen LogP contribution in [0.15, 0.2) is 40.8 Å². The molecule has 1 amide bonds. The summed E-state index contributed by atoms with van der Waals surface area (Å²) in [6.07, 6.45) is 2.41. The Hall–Kier alpha value is -2.79. The monoisotopic (exact) mass is 393 g/mol. The normalized spacial score (nSPS) is 14.8. The second-order valence-electron chi connectivity index (χ2n) is 8.33. The Morgan fingerprint density at radius 1 is 1.14 bits per heavy atom. The fraction of sp³-hybridized carbons (Fsp3) is 0.375. The zero-order valence-electron chi connectivity index (χ0n) is 17.3. The molecular weight excluding hydrogens is 364 g/mol. The Kier molecular flexibility index (Phi) is 5.33. The van der Waals surface area contributed by atoms with Gasteiger partial charge in [0.2, 0.25) is 0 Å². The number of aromatic hydroxyl groups is 1. The van der Waals surface area contributed by atoms with Crippen molar-refractivity contribution in [1.29, 1.82) is 0 Å². The van der Waals surface area contributed by atoms with Gasteiger partial charge in [0.25, 0.3) is 5.91 Å². The van der Waals surface area contributed by atoms with E-state index in [4.69, 9.17) is 4.42 Å². The number of anilines is 1. The van der Waals surface area contributed by atoms with Gasteiger partial charge in [-0.25, -0.2) is 0 Å². The van der Waals surface area contributed by atoms with Crippen molar-refractivity contribution in [2.75, 3.05) is 18.4 Å². The summed E-state index contributed by atoms with van der Waals surface area (Å²) in [4.78, 5) is 14.6. The summed E-state index contributed by atoms with van der Waals surface area (Å²) in [5, 5.41) is 14.3. The number of likely N-dealkylation sites (tertiary alicyclic amines) is 1. The minimum atomic E-state index is -0.207. The first-order valence-electron chi connectivity index (χ1n) is 10.4. The summed E-state index contributed by atoms with van der Waals surface area (Å²) in [6.45, 7) is 8.98. The summed E-state index contributed by atoms with van der Waals surface area (Å²) in [6, 6.07) is 11.3. The van der Waals surface area contributed by atoms with Gasteiger partial charge in [0.05, 0.1) is 24.2 Å². The summed E-state index contributed by atoms with van der Waals surface area (Å²) in [5.41, 5.74) is 3.94. The molecule has 1 fully saturated rings. The van der Waals surface area contributed by atoms with Gasteiger partial charge < -0.3 is 19.7 Å². The van der Waals surface area contributed by atoms with Gasteiger partial charge in [-0.05, 0) is 42.7 Å². The molecule has 2 aromatic carbocycles. The molecule has 2 heterocycles. The van der Waals surface area contributed by atoms with E-state index in [0.717, 1.165) is 29.7 Å². The van der Waals surface area contributed by atoms with Gasteiger partial charge in [0.15, 0.2) is 0 Å². The van der Waals surface area contributed by atoms with Crippen molar-refractivity contribution in [3.05, 3.63) is 58.8 Å². The minimum Gasteiger partial charge on any atom is -0.507 e. The number of hydrogen-bond acceptors (Lipinski definition) is 3. The van der Waals surface area contributed by atoms with E-state index in [-0.39, 0.29) is 11.7 Å². The van der Waals surface area contributed by atoms with E-state index in [9.17, 15) is 9.90 Å². The quantitative estimate of drug-likeness (QED) is 0.614. The van der Waals surface area contributed by atoms with Crippen LogP contribution in [0.2, 0.25) is 0 Å². The van der Waals surface area contributed by atoms with Gasteiger partial charge in [-0.3, -0.25) is 4.79 Å². The maximum atomic E-state index is 13.2. The van der Waals surface area contributed by atoms with Gasteiger partial charge in [0, 0.05) is 23.9 Å². The van der Waals surface area contributed by atoms with E-state index >= 15 is 0 Å². The van der Waals surface area contributed by atoms with Crippen LogP contribution in [0.5, 0.6) is 5.75 Å². The minimum absolute atomic E-state index is 0.207. The number of phenolic OH excluding ortho intramolecular Hbond substituents is 1. The Morgan fingerprint density at radius 2 is 1.83 bits per heavy atom. The standard InChI is InChI=1S/C24H28N2O3/c1-15(2)17-6-8-18(9-7-17)25-24(28)22-16(3)29-21-11-10-20(27)19(23(21)22)14-26-12-4-5-13-26/h6-11,15,27H,4-5,12-14H2,1-3H3,(H,25,28)/p+1. The molecule has 3 N–H and O–H groups in total. The van der Waals surface area contributed by atoms with Crippen LogP contribution >= 0.6 is 0 Å². The molecule has 1 aliphatic rings. The van der Waals surface area contributed by atoms with E-state index in [1.807, 2.05) is 24.3 Å². The lowest BCUT2D eigenvalue weighted by Gasteiger charge is -2.14. The Morgan fingerprint density at radius 3 is 2.48 bits per heavy atom. The van der Waals surface area contributed by atoms with Crippen molar-refractivity contribution in [3.63, 3.8) is 0 Å². The van der Waals surface area contributed by atoms with Crippen LogP contribution in [0.25, 0.3) is 11.0 Å². The fourth-order valence-electron chi connectivity index (χ4n) is 4.27. The molecule has 5 nitrogen and oxygen atoms in total. The number of carbonyl (C=O) groups is 1. The van der Waals surface area contributed by atoms with Gasteiger partial charge in [-0.15, -0.1) is 0 Å². The molecule has 0 radical (unpaired) electrons. The number of quaternary nitrogens is 1. The van der Waals surface area contributed by atoms with Crippen molar-refractivity contribution in [2.24, 2.45) is 0 Å². The van der Waals surface area contributed by atoms with Crippen LogP contribution in [0.4, 0.5) is 5.69 Å². The van der Waals surface area contributed by atoms with Crippen LogP contribution in [0.1, 0.15) is 59.9 Å². The first-order valence-corrected chi connectivity index (χ1v) is 10.4. The lowest BCUT2D eigenvalue weighted by Crippen LogP contribution is -3.08. The summed E-state index contributed by atoms with van der Waals surface area (Å²) >= 11 is 0. The van der Waals surface area contributed by atoms with Gasteiger partial charge in [-0.1, -0.05) is 26.0 Å². The van der Waals surface area contributed by atoms with Crippen LogP contribution in [0.3, 0.4) is 0 Å². The lowest BCUT2D eigenvalue weighted by atomic mass is 10.0. The molecule has 0 spiro atoms. The number of benzene rings is 2. The average molecular weight is 394 g/mol. The van der Waals surface area contributed by atoms with Crippen molar-refractivity contribution in [2.45, 2.75) is 46.1 Å². The average Bonchev–Trinajstić information content (AvgIpc) is 3.31. The SMILES string of the molecule is Cc1oc2ccc(O)c(C[NH+]3CCCC3)c2c1C(=O)Nc1ccc(C(C)C)cc1. The molecule has 5 heteroatoms.